The third-order valence-electron chi connectivity index (χ3n) is 3.77. The first-order valence-electron chi connectivity index (χ1n) is 7.92. The zero-order chi connectivity index (χ0) is 16.4. The van der Waals surface area contributed by atoms with E-state index in [9.17, 15) is 4.79 Å². The van der Waals surface area contributed by atoms with Crippen LogP contribution in [0.5, 0.6) is 0 Å². The van der Waals surface area contributed by atoms with Crippen molar-refractivity contribution in [3.05, 3.63) is 35.9 Å². The molecule has 2 atom stereocenters. The third-order valence-corrected chi connectivity index (χ3v) is 3.77. The minimum absolute atomic E-state index is 0.250. The topological polar surface area (TPSA) is 53.8 Å². The summed E-state index contributed by atoms with van der Waals surface area (Å²) in [5, 5.41) is 2.49. The molecule has 1 N–H and O–H groups in total. The molecule has 2 unspecified atom stereocenters. The van der Waals surface area contributed by atoms with Crippen molar-refractivity contribution in [3.8, 4) is 0 Å². The van der Waals surface area contributed by atoms with E-state index in [1.165, 1.54) is 5.56 Å². The molecule has 4 heteroatoms. The molecule has 0 bridgehead atoms. The molecule has 1 rings (SSSR count). The predicted molar refractivity (Wildman–Crippen MR) is 94.0 cm³/mol. The van der Waals surface area contributed by atoms with Gasteiger partial charge in [0.25, 0.3) is 0 Å². The largest absolute Gasteiger partial charge is 0.340 e. The quantitative estimate of drug-likeness (QED) is 0.766. The lowest BCUT2D eigenvalue weighted by atomic mass is 9.86. The van der Waals surface area contributed by atoms with Gasteiger partial charge in [0.1, 0.15) is 0 Å². The summed E-state index contributed by atoms with van der Waals surface area (Å²) in [5.74, 6) is 0.675. The fourth-order valence-electron chi connectivity index (χ4n) is 2.19. The van der Waals surface area contributed by atoms with Gasteiger partial charge in [-0.2, -0.15) is 0 Å². The van der Waals surface area contributed by atoms with E-state index in [4.69, 9.17) is 0 Å². The number of urea groups is 1. The summed E-state index contributed by atoms with van der Waals surface area (Å²) in [6.07, 6.45) is 3.58. The molecule has 0 saturated heterocycles. The van der Waals surface area contributed by atoms with Crippen molar-refractivity contribution in [2.24, 2.45) is 21.8 Å². The highest BCUT2D eigenvalue weighted by atomic mass is 16.2. The molecule has 120 valence electrons. The first-order chi connectivity index (χ1) is 10.6. The van der Waals surface area contributed by atoms with Crippen LogP contribution in [0.2, 0.25) is 0 Å². The van der Waals surface area contributed by atoms with Gasteiger partial charge < -0.3 is 5.32 Å². The number of aliphatic imine (C=N–C) groups is 2. The first-order valence-corrected chi connectivity index (χ1v) is 7.92. The van der Waals surface area contributed by atoms with Gasteiger partial charge in [0.05, 0.1) is 11.9 Å². The summed E-state index contributed by atoms with van der Waals surface area (Å²) in [6, 6.07) is 10.1. The second-order valence-electron chi connectivity index (χ2n) is 5.58. The van der Waals surface area contributed by atoms with Crippen LogP contribution in [0.3, 0.4) is 0 Å². The van der Waals surface area contributed by atoms with Gasteiger partial charge in [0, 0.05) is 19.5 Å². The van der Waals surface area contributed by atoms with Crippen LogP contribution in [-0.2, 0) is 6.42 Å². The molecule has 0 aromatic heterocycles. The van der Waals surface area contributed by atoms with E-state index < -0.39 is 0 Å². The number of nitrogens with zero attached hydrogens (tertiary/aromatic N) is 2. The summed E-state index contributed by atoms with van der Waals surface area (Å²) >= 11 is 0. The zero-order valence-corrected chi connectivity index (χ0v) is 14.0. The Morgan fingerprint density at radius 2 is 1.95 bits per heavy atom. The minimum Gasteiger partial charge on any atom is -0.339 e. The van der Waals surface area contributed by atoms with Gasteiger partial charge in [0.15, 0.2) is 0 Å². The Morgan fingerprint density at radius 1 is 1.27 bits per heavy atom. The highest BCUT2D eigenvalue weighted by molar-refractivity contribution is 6.33. The number of hydrogen-bond donors (Lipinski definition) is 1. The number of rotatable bonds is 7. The lowest BCUT2D eigenvalue weighted by molar-refractivity contribution is 0.251. The van der Waals surface area contributed by atoms with Crippen molar-refractivity contribution < 1.29 is 4.79 Å². The average Bonchev–Trinajstić information content (AvgIpc) is 2.55. The van der Waals surface area contributed by atoms with Gasteiger partial charge in [0.2, 0.25) is 0 Å². The van der Waals surface area contributed by atoms with Gasteiger partial charge in [-0.15, -0.1) is 0 Å². The maximum absolute atomic E-state index is 11.3. The molecule has 22 heavy (non-hydrogen) atoms. The fraction of sp³-hybridized carbons (Fsp3) is 0.500. The van der Waals surface area contributed by atoms with E-state index in [1.54, 1.807) is 13.3 Å². The number of carbonyl (C=O) groups is 1. The van der Waals surface area contributed by atoms with Gasteiger partial charge in [-0.25, -0.2) is 9.79 Å². The normalized spacial score (nSPS) is 14.8. The van der Waals surface area contributed by atoms with E-state index in [0.29, 0.717) is 5.92 Å². The fourth-order valence-corrected chi connectivity index (χ4v) is 2.19. The molecule has 0 aliphatic carbocycles. The molecule has 0 aliphatic rings. The first kappa shape index (κ1) is 18.1. The molecule has 0 fully saturated rings. The summed E-state index contributed by atoms with van der Waals surface area (Å²) in [4.78, 5) is 19.8. The van der Waals surface area contributed by atoms with Crippen LogP contribution in [0, 0.1) is 11.8 Å². The Morgan fingerprint density at radius 3 is 2.55 bits per heavy atom. The second kappa shape index (κ2) is 9.87. The van der Waals surface area contributed by atoms with E-state index in [-0.39, 0.29) is 11.9 Å². The lowest BCUT2D eigenvalue weighted by Gasteiger charge is -2.20. The summed E-state index contributed by atoms with van der Waals surface area (Å²) < 4.78 is 0. The molecular weight excluding hydrogens is 274 g/mol. The summed E-state index contributed by atoms with van der Waals surface area (Å²) in [6.45, 7) is 7.22. The Hall–Kier alpha value is -1.97. The van der Waals surface area contributed by atoms with Crippen LogP contribution in [-0.4, -0.2) is 31.5 Å². The van der Waals surface area contributed by atoms with Gasteiger partial charge in [-0.1, -0.05) is 51.1 Å². The molecule has 4 nitrogen and oxygen atoms in total. The SMILES string of the molecule is CCCN=C(C=NC(=O)NC)C(C)C(C)Cc1ccccc1. The van der Waals surface area contributed by atoms with Crippen molar-refractivity contribution in [1.29, 1.82) is 0 Å². The standard InChI is InChI=1S/C18H27N3O/c1-5-11-20-17(13-21-18(22)19-4)15(3)14(2)12-16-9-7-6-8-10-16/h6-10,13-15H,5,11-12H2,1-4H3,(H,19,22). The monoisotopic (exact) mass is 301 g/mol. The van der Waals surface area contributed by atoms with Crippen LogP contribution in [0.1, 0.15) is 32.8 Å². The van der Waals surface area contributed by atoms with E-state index in [1.807, 2.05) is 6.07 Å². The number of amides is 2. The van der Waals surface area contributed by atoms with E-state index in [0.717, 1.165) is 25.1 Å². The Kier molecular flexibility index (Phi) is 8.11. The van der Waals surface area contributed by atoms with Gasteiger partial charge in [-0.3, -0.25) is 4.99 Å². The van der Waals surface area contributed by atoms with Crippen molar-refractivity contribution in [2.45, 2.75) is 33.6 Å². The van der Waals surface area contributed by atoms with Crippen molar-refractivity contribution in [2.75, 3.05) is 13.6 Å². The molecule has 2 amide bonds. The average molecular weight is 301 g/mol. The number of hydrogen-bond acceptors (Lipinski definition) is 2. The minimum atomic E-state index is -0.341. The summed E-state index contributed by atoms with van der Waals surface area (Å²) in [5.41, 5.74) is 2.22. The van der Waals surface area contributed by atoms with Crippen LogP contribution < -0.4 is 5.32 Å². The van der Waals surface area contributed by atoms with Crippen LogP contribution in [0.25, 0.3) is 0 Å². The number of benzene rings is 1. The van der Waals surface area contributed by atoms with Crippen molar-refractivity contribution in [3.63, 3.8) is 0 Å². The predicted octanol–water partition coefficient (Wildman–Crippen LogP) is 3.76. The molecule has 0 spiro atoms. The van der Waals surface area contributed by atoms with Gasteiger partial charge >= 0.3 is 6.03 Å². The molecule has 0 aliphatic heterocycles. The Balaban J connectivity index is 2.79. The van der Waals surface area contributed by atoms with Gasteiger partial charge in [-0.05, 0) is 24.3 Å². The Labute approximate surface area is 133 Å². The smallest absolute Gasteiger partial charge is 0.339 e. The van der Waals surface area contributed by atoms with Crippen molar-refractivity contribution >= 4 is 18.0 Å². The second-order valence-corrected chi connectivity index (χ2v) is 5.58. The Bertz CT molecular complexity index is 508. The maximum Gasteiger partial charge on any atom is 0.340 e. The summed E-state index contributed by atoms with van der Waals surface area (Å²) in [7, 11) is 1.57. The highest BCUT2D eigenvalue weighted by Gasteiger charge is 2.17. The van der Waals surface area contributed by atoms with Crippen LogP contribution >= 0.6 is 0 Å². The third kappa shape index (κ3) is 6.20. The molecule has 0 radical (unpaired) electrons. The van der Waals surface area contributed by atoms with E-state index >= 15 is 0 Å². The van der Waals surface area contributed by atoms with E-state index in [2.05, 4.69) is 60.3 Å². The van der Waals surface area contributed by atoms with Crippen molar-refractivity contribution in [1.82, 2.24) is 5.32 Å². The number of carbonyl (C=O) groups excluding carboxylic acids is 1. The zero-order valence-electron chi connectivity index (χ0n) is 14.0. The molecular formula is C18H27N3O. The molecule has 1 aromatic rings. The maximum atomic E-state index is 11.3. The highest BCUT2D eigenvalue weighted by Crippen LogP contribution is 2.18. The molecule has 0 heterocycles. The molecule has 0 saturated carbocycles. The molecule has 1 aromatic carbocycles. The number of nitrogens with one attached hydrogen (secondary N) is 1. The lowest BCUT2D eigenvalue weighted by Crippen LogP contribution is -2.24. The van der Waals surface area contributed by atoms with Crippen LogP contribution in [0.15, 0.2) is 40.3 Å². The van der Waals surface area contributed by atoms with Crippen LogP contribution in [0.4, 0.5) is 4.79 Å².